The molecule has 0 bridgehead atoms. The van der Waals surface area contributed by atoms with E-state index in [-0.39, 0.29) is 5.56 Å². The second-order valence-electron chi connectivity index (χ2n) is 5.60. The van der Waals surface area contributed by atoms with Crippen LogP contribution in [-0.4, -0.2) is 10.5 Å². The average Bonchev–Trinajstić information content (AvgIpc) is 3.02. The molecule has 2 heterocycles. The van der Waals surface area contributed by atoms with Gasteiger partial charge in [-0.15, -0.1) is 11.3 Å². The lowest BCUT2D eigenvalue weighted by Gasteiger charge is -2.07. The Labute approximate surface area is 157 Å². The number of primary amides is 1. The van der Waals surface area contributed by atoms with Crippen LogP contribution in [0.3, 0.4) is 0 Å². The van der Waals surface area contributed by atoms with Crippen molar-refractivity contribution in [2.75, 3.05) is 0 Å². The highest BCUT2D eigenvalue weighted by Crippen LogP contribution is 2.41. The lowest BCUT2D eigenvalue weighted by Crippen LogP contribution is -2.16. The third-order valence-electron chi connectivity index (χ3n) is 3.90. The summed E-state index contributed by atoms with van der Waals surface area (Å²) in [6.45, 7) is 0. The zero-order chi connectivity index (χ0) is 18.1. The van der Waals surface area contributed by atoms with E-state index >= 15 is 0 Å². The van der Waals surface area contributed by atoms with Crippen molar-refractivity contribution in [3.8, 4) is 5.69 Å². The highest BCUT2D eigenvalue weighted by Gasteiger charge is 2.20. The molecule has 0 spiro atoms. The molecule has 4 rings (SSSR count). The molecule has 0 saturated carbocycles. The first-order valence-corrected chi connectivity index (χ1v) is 9.55. The summed E-state index contributed by atoms with van der Waals surface area (Å²) in [5.74, 6) is -0.489. The van der Waals surface area contributed by atoms with Crippen LogP contribution in [0.2, 0.25) is 0 Å². The van der Waals surface area contributed by atoms with Gasteiger partial charge in [-0.3, -0.25) is 14.2 Å². The van der Waals surface area contributed by atoms with Gasteiger partial charge in [-0.25, -0.2) is 0 Å². The fraction of sp³-hybridized carbons (Fsp3) is 0. The normalized spacial score (nSPS) is 10.9. The first kappa shape index (κ1) is 16.6. The summed E-state index contributed by atoms with van der Waals surface area (Å²) in [4.78, 5) is 27.5. The number of carbonyl (C=O) groups is 1. The minimum atomic E-state index is -0.489. The van der Waals surface area contributed by atoms with E-state index in [9.17, 15) is 9.59 Å². The van der Waals surface area contributed by atoms with E-state index < -0.39 is 5.91 Å². The van der Waals surface area contributed by atoms with Gasteiger partial charge in [0, 0.05) is 21.2 Å². The molecule has 26 heavy (non-hydrogen) atoms. The molecule has 128 valence electrons. The molecule has 0 unspecified atom stereocenters. The van der Waals surface area contributed by atoms with Crippen LogP contribution in [0.4, 0.5) is 0 Å². The molecular formula is C20H14N2O2S2. The maximum absolute atomic E-state index is 12.5. The largest absolute Gasteiger partial charge is 0.365 e. The monoisotopic (exact) mass is 378 g/mol. The fourth-order valence-corrected chi connectivity index (χ4v) is 5.13. The number of thiophene rings is 1. The molecule has 0 aliphatic heterocycles. The number of nitrogens with two attached hydrogens (primary N) is 1. The number of hydrogen-bond acceptors (Lipinski definition) is 4. The van der Waals surface area contributed by atoms with Gasteiger partial charge < -0.3 is 5.73 Å². The highest BCUT2D eigenvalue weighted by molar-refractivity contribution is 7.99. The van der Waals surface area contributed by atoms with Crippen molar-refractivity contribution in [3.63, 3.8) is 0 Å². The Morgan fingerprint density at radius 1 is 0.923 bits per heavy atom. The van der Waals surface area contributed by atoms with Crippen molar-refractivity contribution in [2.24, 2.45) is 5.73 Å². The Balaban J connectivity index is 1.99. The maximum atomic E-state index is 12.5. The number of amides is 1. The summed E-state index contributed by atoms with van der Waals surface area (Å²) in [6, 6.07) is 22.5. The number of fused-ring (bicyclic) bond motifs is 1. The number of para-hydroxylation sites is 1. The molecule has 4 nitrogen and oxygen atoms in total. The van der Waals surface area contributed by atoms with Crippen molar-refractivity contribution in [1.29, 1.82) is 0 Å². The third kappa shape index (κ3) is 2.94. The van der Waals surface area contributed by atoms with Crippen molar-refractivity contribution in [2.45, 2.75) is 9.79 Å². The molecule has 2 aromatic heterocycles. The second kappa shape index (κ2) is 6.82. The van der Waals surface area contributed by atoms with Crippen molar-refractivity contribution in [3.05, 3.63) is 88.0 Å². The second-order valence-corrected chi connectivity index (χ2v) is 7.68. The van der Waals surface area contributed by atoms with Gasteiger partial charge in [0.2, 0.25) is 0 Å². The van der Waals surface area contributed by atoms with Gasteiger partial charge >= 0.3 is 0 Å². The van der Waals surface area contributed by atoms with Crippen LogP contribution in [-0.2, 0) is 0 Å². The number of pyridine rings is 1. The molecule has 0 fully saturated rings. The van der Waals surface area contributed by atoms with Crippen molar-refractivity contribution < 1.29 is 4.79 Å². The lowest BCUT2D eigenvalue weighted by molar-refractivity contribution is 0.100. The van der Waals surface area contributed by atoms with Gasteiger partial charge in [-0.1, -0.05) is 48.2 Å². The topological polar surface area (TPSA) is 65.1 Å². The van der Waals surface area contributed by atoms with Crippen LogP contribution in [0.5, 0.6) is 0 Å². The molecule has 0 aliphatic rings. The summed E-state index contributed by atoms with van der Waals surface area (Å²) in [5, 5.41) is 0.848. The Hall–Kier alpha value is -2.83. The standard InChI is InChI=1S/C20H14N2O2S2/c21-19(24)18-17(25-14-9-5-2-6-10-14)15-11-12-16(23)22(20(15)26-18)13-7-3-1-4-8-13/h1-12H,(H2,21,24). The first-order chi connectivity index (χ1) is 12.6. The molecule has 0 saturated heterocycles. The van der Waals surface area contributed by atoms with E-state index in [4.69, 9.17) is 5.73 Å². The summed E-state index contributed by atoms with van der Waals surface area (Å²) < 4.78 is 1.63. The lowest BCUT2D eigenvalue weighted by atomic mass is 10.2. The van der Waals surface area contributed by atoms with Crippen LogP contribution < -0.4 is 11.3 Å². The number of nitrogens with zero attached hydrogens (tertiary/aromatic N) is 1. The predicted molar refractivity (Wildman–Crippen MR) is 107 cm³/mol. The summed E-state index contributed by atoms with van der Waals surface area (Å²) in [7, 11) is 0. The van der Waals surface area contributed by atoms with E-state index in [0.29, 0.717) is 4.88 Å². The Bertz CT molecular complexity index is 1150. The summed E-state index contributed by atoms with van der Waals surface area (Å²) in [5.41, 5.74) is 6.25. The van der Waals surface area contributed by atoms with E-state index in [1.807, 2.05) is 60.7 Å². The van der Waals surface area contributed by atoms with Crippen LogP contribution in [0.25, 0.3) is 15.9 Å². The number of hydrogen-bond donors (Lipinski definition) is 1. The predicted octanol–water partition coefficient (Wildman–Crippen LogP) is 4.30. The third-order valence-corrected chi connectivity index (χ3v) is 6.37. The molecular weight excluding hydrogens is 364 g/mol. The van der Waals surface area contributed by atoms with E-state index in [1.54, 1.807) is 10.6 Å². The molecule has 1 amide bonds. The van der Waals surface area contributed by atoms with E-state index in [2.05, 4.69) is 0 Å². The summed E-state index contributed by atoms with van der Waals surface area (Å²) in [6.07, 6.45) is 0. The van der Waals surface area contributed by atoms with Gasteiger partial charge in [0.25, 0.3) is 11.5 Å². The number of rotatable bonds is 4. The molecule has 0 aliphatic carbocycles. The number of carbonyl (C=O) groups excluding carboxylic acids is 1. The minimum absolute atomic E-state index is 0.141. The van der Waals surface area contributed by atoms with Crippen LogP contribution in [0.15, 0.2) is 87.4 Å². The van der Waals surface area contributed by atoms with E-state index in [0.717, 1.165) is 25.7 Å². The van der Waals surface area contributed by atoms with E-state index in [1.165, 1.54) is 29.2 Å². The first-order valence-electron chi connectivity index (χ1n) is 7.92. The molecule has 0 atom stereocenters. The zero-order valence-corrected chi connectivity index (χ0v) is 15.2. The fourth-order valence-electron chi connectivity index (χ4n) is 2.75. The Morgan fingerprint density at radius 2 is 1.58 bits per heavy atom. The Kier molecular flexibility index (Phi) is 4.36. The smallest absolute Gasteiger partial charge is 0.260 e. The maximum Gasteiger partial charge on any atom is 0.260 e. The van der Waals surface area contributed by atoms with Crippen LogP contribution in [0.1, 0.15) is 9.67 Å². The SMILES string of the molecule is NC(=O)c1sc2c(ccc(=O)n2-c2ccccc2)c1Sc1ccccc1. The van der Waals surface area contributed by atoms with Crippen molar-refractivity contribution in [1.82, 2.24) is 4.57 Å². The van der Waals surface area contributed by atoms with Gasteiger partial charge in [0.15, 0.2) is 0 Å². The molecule has 4 aromatic rings. The Morgan fingerprint density at radius 3 is 2.23 bits per heavy atom. The zero-order valence-electron chi connectivity index (χ0n) is 13.6. The number of aromatic nitrogens is 1. The molecule has 2 aromatic carbocycles. The highest BCUT2D eigenvalue weighted by atomic mass is 32.2. The van der Waals surface area contributed by atoms with Gasteiger partial charge in [-0.2, -0.15) is 0 Å². The van der Waals surface area contributed by atoms with Gasteiger partial charge in [-0.05, 0) is 30.3 Å². The average molecular weight is 378 g/mol. The van der Waals surface area contributed by atoms with Crippen LogP contribution in [0, 0.1) is 0 Å². The van der Waals surface area contributed by atoms with Gasteiger partial charge in [0.05, 0.1) is 5.69 Å². The molecule has 6 heteroatoms. The quantitative estimate of drug-likeness (QED) is 0.576. The molecule has 2 N–H and O–H groups in total. The minimum Gasteiger partial charge on any atom is -0.365 e. The molecule has 0 radical (unpaired) electrons. The number of benzene rings is 2. The van der Waals surface area contributed by atoms with Crippen LogP contribution >= 0.6 is 23.1 Å². The van der Waals surface area contributed by atoms with Crippen molar-refractivity contribution >= 4 is 39.2 Å². The van der Waals surface area contributed by atoms with Gasteiger partial charge in [0.1, 0.15) is 9.71 Å². The summed E-state index contributed by atoms with van der Waals surface area (Å²) >= 11 is 2.74.